The fourth-order valence-electron chi connectivity index (χ4n) is 1.64. The maximum atomic E-state index is 4.47. The summed E-state index contributed by atoms with van der Waals surface area (Å²) in [6.07, 6.45) is 6.14. The molecule has 1 atom stereocenters. The van der Waals surface area contributed by atoms with Gasteiger partial charge in [-0.15, -0.1) is 11.8 Å². The van der Waals surface area contributed by atoms with Crippen molar-refractivity contribution in [3.63, 3.8) is 0 Å². The molecule has 1 aromatic heterocycles. The average Bonchev–Trinajstić information content (AvgIpc) is 2.39. The lowest BCUT2D eigenvalue weighted by Crippen LogP contribution is -2.08. The first-order valence-corrected chi connectivity index (χ1v) is 7.85. The van der Waals surface area contributed by atoms with Crippen LogP contribution in [0.3, 0.4) is 0 Å². The Hall–Kier alpha value is -0.770. The molecule has 4 heteroatoms. The first-order chi connectivity index (χ1) is 8.72. The zero-order valence-corrected chi connectivity index (χ0v) is 12.8. The fourth-order valence-corrected chi connectivity index (χ4v) is 2.64. The molecule has 0 spiro atoms. The summed E-state index contributed by atoms with van der Waals surface area (Å²) in [6, 6.07) is 0. The molecule has 0 amide bonds. The van der Waals surface area contributed by atoms with E-state index >= 15 is 0 Å². The third-order valence-electron chi connectivity index (χ3n) is 2.84. The number of nitrogens with zero attached hydrogens (tertiary/aromatic N) is 2. The third kappa shape index (κ3) is 4.48. The maximum absolute atomic E-state index is 4.47. The van der Waals surface area contributed by atoms with Crippen molar-refractivity contribution in [1.29, 1.82) is 0 Å². The Labute approximate surface area is 115 Å². The molecule has 0 radical (unpaired) electrons. The highest BCUT2D eigenvalue weighted by Crippen LogP contribution is 2.30. The molecule has 1 rings (SSSR count). The second kappa shape index (κ2) is 8.35. The number of rotatable bonds is 8. The van der Waals surface area contributed by atoms with Gasteiger partial charge in [-0.1, -0.05) is 34.1 Å². The molecule has 0 fully saturated rings. The molecule has 0 saturated carbocycles. The van der Waals surface area contributed by atoms with Crippen LogP contribution in [0.5, 0.6) is 0 Å². The summed E-state index contributed by atoms with van der Waals surface area (Å²) in [7, 11) is 0. The van der Waals surface area contributed by atoms with Gasteiger partial charge in [0.25, 0.3) is 0 Å². The zero-order chi connectivity index (χ0) is 13.4. The minimum absolute atomic E-state index is 0.606. The van der Waals surface area contributed by atoms with Gasteiger partial charge in [-0.2, -0.15) is 0 Å². The summed E-state index contributed by atoms with van der Waals surface area (Å²) in [5.41, 5.74) is 1.29. The summed E-state index contributed by atoms with van der Waals surface area (Å²) < 4.78 is 0. The van der Waals surface area contributed by atoms with Crippen molar-refractivity contribution in [3.8, 4) is 0 Å². The van der Waals surface area contributed by atoms with E-state index in [9.17, 15) is 0 Å². The van der Waals surface area contributed by atoms with Crippen LogP contribution in [0.4, 0.5) is 5.82 Å². The molecule has 0 aliphatic carbocycles. The van der Waals surface area contributed by atoms with E-state index < -0.39 is 0 Å². The van der Waals surface area contributed by atoms with Crippen LogP contribution in [0.1, 0.15) is 52.5 Å². The number of nitrogens with one attached hydrogen (secondary N) is 1. The largest absolute Gasteiger partial charge is 0.370 e. The van der Waals surface area contributed by atoms with E-state index in [1.54, 1.807) is 6.33 Å². The highest BCUT2D eigenvalue weighted by atomic mass is 32.2. The molecule has 0 bridgehead atoms. The molecule has 18 heavy (non-hydrogen) atoms. The van der Waals surface area contributed by atoms with Gasteiger partial charge in [0.2, 0.25) is 0 Å². The molecule has 1 N–H and O–H groups in total. The number of thioether (sulfide) groups is 1. The Balaban J connectivity index is 2.92. The lowest BCUT2D eigenvalue weighted by molar-refractivity contribution is 0.840. The van der Waals surface area contributed by atoms with Crippen molar-refractivity contribution in [3.05, 3.63) is 11.9 Å². The van der Waals surface area contributed by atoms with Crippen LogP contribution < -0.4 is 5.32 Å². The first kappa shape index (κ1) is 15.3. The van der Waals surface area contributed by atoms with E-state index in [1.165, 1.54) is 5.56 Å². The molecule has 0 saturated heterocycles. The van der Waals surface area contributed by atoms with Crippen LogP contribution in [0.2, 0.25) is 0 Å². The highest BCUT2D eigenvalue weighted by molar-refractivity contribution is 7.99. The predicted octanol–water partition coefficient (Wildman–Crippen LogP) is 4.14. The van der Waals surface area contributed by atoms with Crippen molar-refractivity contribution in [2.75, 3.05) is 11.9 Å². The lowest BCUT2D eigenvalue weighted by Gasteiger charge is -2.15. The van der Waals surface area contributed by atoms with Crippen LogP contribution in [0.25, 0.3) is 0 Å². The monoisotopic (exact) mass is 267 g/mol. The van der Waals surface area contributed by atoms with Crippen LogP contribution >= 0.6 is 11.8 Å². The van der Waals surface area contributed by atoms with Gasteiger partial charge in [-0.3, -0.25) is 0 Å². The van der Waals surface area contributed by atoms with E-state index in [0.717, 1.165) is 43.1 Å². The molecule has 0 aromatic carbocycles. The van der Waals surface area contributed by atoms with Gasteiger partial charge in [-0.25, -0.2) is 9.97 Å². The normalized spacial score (nSPS) is 12.4. The molecule has 0 aliphatic heterocycles. The molecule has 1 unspecified atom stereocenters. The molecule has 0 aliphatic rings. The third-order valence-corrected chi connectivity index (χ3v) is 4.15. The molecule has 1 heterocycles. The van der Waals surface area contributed by atoms with E-state index in [2.05, 4.69) is 43.0 Å². The quantitative estimate of drug-likeness (QED) is 0.567. The smallest absolute Gasteiger partial charge is 0.133 e. The minimum Gasteiger partial charge on any atom is -0.370 e. The van der Waals surface area contributed by atoms with Gasteiger partial charge >= 0.3 is 0 Å². The van der Waals surface area contributed by atoms with E-state index in [4.69, 9.17) is 0 Å². The van der Waals surface area contributed by atoms with Gasteiger partial charge in [0, 0.05) is 17.4 Å². The molecule has 3 nitrogen and oxygen atoms in total. The fraction of sp³-hybridized carbons (Fsp3) is 0.714. The molecule has 1 aromatic rings. The van der Waals surface area contributed by atoms with Gasteiger partial charge in [0.1, 0.15) is 17.2 Å². The number of aromatic nitrogens is 2. The van der Waals surface area contributed by atoms with Crippen molar-refractivity contribution in [2.45, 2.75) is 63.7 Å². The Morgan fingerprint density at radius 3 is 2.61 bits per heavy atom. The SMILES string of the molecule is CCCNc1ncnc(SC(C)CC)c1CCC. The summed E-state index contributed by atoms with van der Waals surface area (Å²) in [5.74, 6) is 1.03. The van der Waals surface area contributed by atoms with E-state index in [1.807, 2.05) is 11.8 Å². The van der Waals surface area contributed by atoms with Gasteiger partial charge in [0.15, 0.2) is 0 Å². The Morgan fingerprint density at radius 2 is 2.00 bits per heavy atom. The van der Waals surface area contributed by atoms with Crippen molar-refractivity contribution in [1.82, 2.24) is 9.97 Å². The average molecular weight is 267 g/mol. The summed E-state index contributed by atoms with van der Waals surface area (Å²) >= 11 is 1.87. The summed E-state index contributed by atoms with van der Waals surface area (Å²) in [5, 5.41) is 5.17. The molecular formula is C14H25N3S. The Bertz CT molecular complexity index is 355. The second-order valence-electron chi connectivity index (χ2n) is 4.52. The van der Waals surface area contributed by atoms with Crippen molar-refractivity contribution >= 4 is 17.6 Å². The van der Waals surface area contributed by atoms with Crippen LogP contribution in [0, 0.1) is 0 Å². The van der Waals surface area contributed by atoms with Gasteiger partial charge in [-0.05, 0) is 19.3 Å². The van der Waals surface area contributed by atoms with E-state index in [0.29, 0.717) is 5.25 Å². The summed E-state index contributed by atoms with van der Waals surface area (Å²) in [4.78, 5) is 8.86. The molecule has 102 valence electrons. The summed E-state index contributed by atoms with van der Waals surface area (Å²) in [6.45, 7) is 9.81. The predicted molar refractivity (Wildman–Crippen MR) is 80.4 cm³/mol. The van der Waals surface area contributed by atoms with Crippen LogP contribution in [-0.4, -0.2) is 21.8 Å². The zero-order valence-electron chi connectivity index (χ0n) is 12.0. The topological polar surface area (TPSA) is 37.8 Å². The van der Waals surface area contributed by atoms with Crippen molar-refractivity contribution < 1.29 is 0 Å². The maximum Gasteiger partial charge on any atom is 0.133 e. The Kier molecular flexibility index (Phi) is 7.09. The van der Waals surface area contributed by atoms with Crippen LogP contribution in [-0.2, 0) is 6.42 Å². The standard InChI is InChI=1S/C14H25N3S/c1-5-8-12-13(15-9-6-2)16-10-17-14(12)18-11(4)7-3/h10-11H,5-9H2,1-4H3,(H,15,16,17). The first-order valence-electron chi connectivity index (χ1n) is 6.97. The van der Waals surface area contributed by atoms with Gasteiger partial charge < -0.3 is 5.32 Å². The van der Waals surface area contributed by atoms with Crippen LogP contribution in [0.15, 0.2) is 11.4 Å². The van der Waals surface area contributed by atoms with Crippen molar-refractivity contribution in [2.24, 2.45) is 0 Å². The number of anilines is 1. The number of hydrogen-bond donors (Lipinski definition) is 1. The van der Waals surface area contributed by atoms with E-state index in [-0.39, 0.29) is 0 Å². The number of hydrogen-bond acceptors (Lipinski definition) is 4. The molecular weight excluding hydrogens is 242 g/mol. The second-order valence-corrected chi connectivity index (χ2v) is 5.95. The highest BCUT2D eigenvalue weighted by Gasteiger charge is 2.13. The minimum atomic E-state index is 0.606. The Morgan fingerprint density at radius 1 is 1.22 bits per heavy atom. The van der Waals surface area contributed by atoms with Gasteiger partial charge in [0.05, 0.1) is 0 Å². The lowest BCUT2D eigenvalue weighted by atomic mass is 10.2.